The molecule has 0 atom stereocenters. The first-order valence-corrected chi connectivity index (χ1v) is 9.55. The summed E-state index contributed by atoms with van der Waals surface area (Å²) in [5.41, 5.74) is -2.72. The van der Waals surface area contributed by atoms with E-state index < -0.39 is 41.7 Å². The van der Waals surface area contributed by atoms with Crippen LogP contribution in [0.25, 0.3) is 0 Å². The van der Waals surface area contributed by atoms with E-state index in [2.05, 4.69) is 5.32 Å². The summed E-state index contributed by atoms with van der Waals surface area (Å²) in [4.78, 5) is 26.5. The number of rotatable bonds is 5. The molecule has 2 amide bonds. The van der Waals surface area contributed by atoms with E-state index in [1.807, 2.05) is 0 Å². The van der Waals surface area contributed by atoms with E-state index in [0.717, 1.165) is 12.8 Å². The SMILES string of the molecule is O=C(COc1cc(C(F)(F)F)cc(C(F)(F)F)c1)Nc1ccccc1C(=O)N1CCCC1. The number of halogens is 6. The van der Waals surface area contributed by atoms with E-state index in [1.165, 1.54) is 12.1 Å². The fourth-order valence-corrected chi connectivity index (χ4v) is 3.21. The van der Waals surface area contributed by atoms with Gasteiger partial charge in [0.15, 0.2) is 6.61 Å². The van der Waals surface area contributed by atoms with Crippen molar-refractivity contribution >= 4 is 17.5 Å². The van der Waals surface area contributed by atoms with Crippen molar-refractivity contribution in [2.24, 2.45) is 0 Å². The summed E-state index contributed by atoms with van der Waals surface area (Å²) in [6, 6.07) is 6.89. The third kappa shape index (κ3) is 5.71. The Bertz CT molecular complexity index is 966. The van der Waals surface area contributed by atoms with Gasteiger partial charge in [-0.15, -0.1) is 0 Å². The highest BCUT2D eigenvalue weighted by Crippen LogP contribution is 2.38. The number of hydrogen-bond donors (Lipinski definition) is 1. The Balaban J connectivity index is 1.73. The molecular formula is C21H18F6N2O3. The second-order valence-corrected chi connectivity index (χ2v) is 7.12. The van der Waals surface area contributed by atoms with Crippen molar-refractivity contribution < 1.29 is 40.7 Å². The van der Waals surface area contributed by atoms with Crippen LogP contribution in [0.3, 0.4) is 0 Å². The van der Waals surface area contributed by atoms with Gasteiger partial charge in [0.1, 0.15) is 5.75 Å². The number of para-hydroxylation sites is 1. The number of hydrogen-bond acceptors (Lipinski definition) is 3. The Labute approximate surface area is 179 Å². The third-order valence-electron chi connectivity index (χ3n) is 4.76. The van der Waals surface area contributed by atoms with Crippen molar-refractivity contribution in [3.8, 4) is 5.75 Å². The Hall–Kier alpha value is -3.24. The number of carbonyl (C=O) groups is 2. The topological polar surface area (TPSA) is 58.6 Å². The van der Waals surface area contributed by atoms with Crippen molar-refractivity contribution in [2.45, 2.75) is 25.2 Å². The van der Waals surface area contributed by atoms with Gasteiger partial charge in [0.05, 0.1) is 22.4 Å². The minimum atomic E-state index is -5.03. The lowest BCUT2D eigenvalue weighted by molar-refractivity contribution is -0.143. The molecule has 172 valence electrons. The maximum absolute atomic E-state index is 12.9. The zero-order valence-electron chi connectivity index (χ0n) is 16.5. The maximum atomic E-state index is 12.9. The van der Waals surface area contributed by atoms with E-state index in [-0.39, 0.29) is 23.2 Å². The van der Waals surface area contributed by atoms with Crippen LogP contribution in [0.1, 0.15) is 34.3 Å². The Kier molecular flexibility index (Phi) is 6.65. The van der Waals surface area contributed by atoms with E-state index in [4.69, 9.17) is 4.74 Å². The van der Waals surface area contributed by atoms with Crippen molar-refractivity contribution in [1.82, 2.24) is 4.90 Å². The van der Waals surface area contributed by atoms with Gasteiger partial charge in [0.2, 0.25) is 0 Å². The molecule has 1 aliphatic rings. The monoisotopic (exact) mass is 460 g/mol. The molecule has 3 rings (SSSR count). The summed E-state index contributed by atoms with van der Waals surface area (Å²) < 4.78 is 82.5. The van der Waals surface area contributed by atoms with Gasteiger partial charge < -0.3 is 15.0 Å². The number of benzene rings is 2. The van der Waals surface area contributed by atoms with Gasteiger partial charge in [-0.3, -0.25) is 9.59 Å². The zero-order valence-corrected chi connectivity index (χ0v) is 16.5. The highest BCUT2D eigenvalue weighted by molar-refractivity contribution is 6.04. The molecule has 0 aliphatic carbocycles. The number of alkyl halides is 6. The van der Waals surface area contributed by atoms with Crippen LogP contribution >= 0.6 is 0 Å². The molecule has 11 heteroatoms. The lowest BCUT2D eigenvalue weighted by Gasteiger charge is -2.18. The van der Waals surface area contributed by atoms with E-state index in [0.29, 0.717) is 25.2 Å². The first-order valence-electron chi connectivity index (χ1n) is 9.55. The van der Waals surface area contributed by atoms with Gasteiger partial charge in [0, 0.05) is 13.1 Å². The first kappa shape index (κ1) is 23.4. The number of ether oxygens (including phenoxy) is 1. The number of nitrogens with one attached hydrogen (secondary N) is 1. The minimum Gasteiger partial charge on any atom is -0.484 e. The molecule has 1 N–H and O–H groups in total. The van der Waals surface area contributed by atoms with Crippen LogP contribution in [0.15, 0.2) is 42.5 Å². The lowest BCUT2D eigenvalue weighted by Crippen LogP contribution is -2.29. The van der Waals surface area contributed by atoms with E-state index in [9.17, 15) is 35.9 Å². The molecule has 1 saturated heterocycles. The minimum absolute atomic E-state index is 0.0346. The summed E-state index contributed by atoms with van der Waals surface area (Å²) in [6.45, 7) is 0.313. The predicted molar refractivity (Wildman–Crippen MR) is 102 cm³/mol. The van der Waals surface area contributed by atoms with Crippen molar-refractivity contribution in [3.63, 3.8) is 0 Å². The summed E-state index contributed by atoms with van der Waals surface area (Å²) in [7, 11) is 0. The van der Waals surface area contributed by atoms with Crippen molar-refractivity contribution in [3.05, 3.63) is 59.2 Å². The van der Waals surface area contributed by atoms with E-state index >= 15 is 0 Å². The van der Waals surface area contributed by atoms with Gasteiger partial charge in [-0.05, 0) is 43.2 Å². The van der Waals surface area contributed by atoms with Gasteiger partial charge >= 0.3 is 12.4 Å². The van der Waals surface area contributed by atoms with Gasteiger partial charge in [0.25, 0.3) is 11.8 Å². The molecule has 1 fully saturated rings. The van der Waals surface area contributed by atoms with Gasteiger partial charge in [-0.25, -0.2) is 0 Å². The molecular weight excluding hydrogens is 442 g/mol. The summed E-state index contributed by atoms with van der Waals surface area (Å²) in [5.74, 6) is -1.90. The Morgan fingerprint density at radius 1 is 0.906 bits per heavy atom. The number of anilines is 1. The zero-order chi connectivity index (χ0) is 23.5. The van der Waals surface area contributed by atoms with Crippen LogP contribution in [-0.2, 0) is 17.1 Å². The highest BCUT2D eigenvalue weighted by atomic mass is 19.4. The smallest absolute Gasteiger partial charge is 0.416 e. The molecule has 0 bridgehead atoms. The van der Waals surface area contributed by atoms with E-state index in [1.54, 1.807) is 17.0 Å². The second-order valence-electron chi connectivity index (χ2n) is 7.12. The van der Waals surface area contributed by atoms with Crippen molar-refractivity contribution in [2.75, 3.05) is 25.0 Å². The molecule has 5 nitrogen and oxygen atoms in total. The average Bonchev–Trinajstić information content (AvgIpc) is 3.25. The first-order chi connectivity index (χ1) is 14.9. The summed E-state index contributed by atoms with van der Waals surface area (Å²) in [5, 5.41) is 2.42. The van der Waals surface area contributed by atoms with Gasteiger partial charge in [-0.2, -0.15) is 26.3 Å². The molecule has 1 aliphatic heterocycles. The largest absolute Gasteiger partial charge is 0.484 e. The molecule has 1 heterocycles. The van der Waals surface area contributed by atoms with Crippen LogP contribution in [0.2, 0.25) is 0 Å². The molecule has 0 spiro atoms. The van der Waals surface area contributed by atoms with Crippen molar-refractivity contribution in [1.29, 1.82) is 0 Å². The standard InChI is InChI=1S/C21H18F6N2O3/c22-20(23,24)13-9-14(21(25,26)27)11-15(10-13)32-12-18(30)28-17-6-2-1-5-16(17)19(31)29-7-3-4-8-29/h1-2,5-6,9-11H,3-4,7-8,12H2,(H,28,30). The van der Waals surface area contributed by atoms with Crippen LogP contribution in [0, 0.1) is 0 Å². The molecule has 0 unspecified atom stereocenters. The molecule has 0 radical (unpaired) electrons. The lowest BCUT2D eigenvalue weighted by atomic mass is 10.1. The molecule has 32 heavy (non-hydrogen) atoms. The summed E-state index contributed by atoms with van der Waals surface area (Å²) in [6.07, 6.45) is -8.33. The highest BCUT2D eigenvalue weighted by Gasteiger charge is 2.37. The predicted octanol–water partition coefficient (Wildman–Crippen LogP) is 4.98. The Morgan fingerprint density at radius 2 is 1.47 bits per heavy atom. The number of amides is 2. The van der Waals surface area contributed by atoms with Crippen LogP contribution < -0.4 is 10.1 Å². The van der Waals surface area contributed by atoms with Crippen LogP contribution in [-0.4, -0.2) is 36.4 Å². The van der Waals surface area contributed by atoms with Crippen LogP contribution in [0.5, 0.6) is 5.75 Å². The van der Waals surface area contributed by atoms with Crippen LogP contribution in [0.4, 0.5) is 32.0 Å². The molecule has 2 aromatic carbocycles. The molecule has 0 saturated carbocycles. The number of carbonyl (C=O) groups excluding carboxylic acids is 2. The normalized spacial score (nSPS) is 14.4. The fourth-order valence-electron chi connectivity index (χ4n) is 3.21. The fraction of sp³-hybridized carbons (Fsp3) is 0.333. The Morgan fingerprint density at radius 3 is 2.03 bits per heavy atom. The summed E-state index contributed by atoms with van der Waals surface area (Å²) >= 11 is 0. The van der Waals surface area contributed by atoms with Gasteiger partial charge in [-0.1, -0.05) is 12.1 Å². The average molecular weight is 460 g/mol. The maximum Gasteiger partial charge on any atom is 0.416 e. The number of likely N-dealkylation sites (tertiary alicyclic amines) is 1. The third-order valence-corrected chi connectivity index (χ3v) is 4.76. The molecule has 2 aromatic rings. The molecule has 0 aromatic heterocycles. The quantitative estimate of drug-likeness (QED) is 0.641. The second kappa shape index (κ2) is 9.09. The number of nitrogens with zero attached hydrogens (tertiary/aromatic N) is 1.